The van der Waals surface area contributed by atoms with Crippen molar-refractivity contribution in [2.45, 2.75) is 12.8 Å². The molecule has 1 N–H and O–H groups in total. The molecule has 1 rings (SSSR count). The Hall–Kier alpha value is -0.960. The molecule has 0 fully saturated rings. The Balaban J connectivity index is 2.84. The molecule has 1 aromatic rings. The molecule has 0 aliphatic heterocycles. The molecule has 0 atom stereocenters. The van der Waals surface area contributed by atoms with Gasteiger partial charge in [0.1, 0.15) is 0 Å². The van der Waals surface area contributed by atoms with E-state index < -0.39 is 5.97 Å². The standard InChI is InChI=1S/C10H12O2S/c11-10(12)9-6-2-1-4-8(9)5-3-7-13/h1-2,4,6,13H,3,5,7H2,(H,11,12). The summed E-state index contributed by atoms with van der Waals surface area (Å²) in [6, 6.07) is 7.09. The molecule has 0 amide bonds. The van der Waals surface area contributed by atoms with Gasteiger partial charge in [-0.25, -0.2) is 4.79 Å². The summed E-state index contributed by atoms with van der Waals surface area (Å²) in [5.74, 6) is -0.0664. The molecule has 0 aliphatic rings. The predicted octanol–water partition coefficient (Wildman–Crippen LogP) is 2.25. The molecular weight excluding hydrogens is 184 g/mol. The number of hydrogen-bond donors (Lipinski definition) is 2. The molecule has 13 heavy (non-hydrogen) atoms. The number of benzene rings is 1. The Morgan fingerprint density at radius 1 is 1.38 bits per heavy atom. The van der Waals surface area contributed by atoms with Gasteiger partial charge in [-0.15, -0.1) is 0 Å². The van der Waals surface area contributed by atoms with Gasteiger partial charge in [0, 0.05) is 0 Å². The van der Waals surface area contributed by atoms with E-state index in [0.717, 1.165) is 24.2 Å². The van der Waals surface area contributed by atoms with Crippen molar-refractivity contribution in [3.8, 4) is 0 Å². The topological polar surface area (TPSA) is 37.3 Å². The summed E-state index contributed by atoms with van der Waals surface area (Å²) in [4.78, 5) is 10.8. The fraction of sp³-hybridized carbons (Fsp3) is 0.300. The summed E-state index contributed by atoms with van der Waals surface area (Å²) in [5, 5.41) is 8.85. The highest BCUT2D eigenvalue weighted by Gasteiger charge is 2.07. The van der Waals surface area contributed by atoms with E-state index in [1.807, 2.05) is 12.1 Å². The summed E-state index contributed by atoms with van der Waals surface area (Å²) in [6.07, 6.45) is 1.69. The first-order valence-electron chi connectivity index (χ1n) is 4.17. The number of thiol groups is 1. The van der Waals surface area contributed by atoms with Gasteiger partial charge >= 0.3 is 5.97 Å². The smallest absolute Gasteiger partial charge is 0.335 e. The molecule has 0 bridgehead atoms. The van der Waals surface area contributed by atoms with E-state index in [0.29, 0.717) is 5.56 Å². The van der Waals surface area contributed by atoms with Crippen LogP contribution in [0.3, 0.4) is 0 Å². The van der Waals surface area contributed by atoms with Crippen LogP contribution in [0, 0.1) is 0 Å². The van der Waals surface area contributed by atoms with Crippen LogP contribution in [0.2, 0.25) is 0 Å². The Morgan fingerprint density at radius 2 is 2.08 bits per heavy atom. The van der Waals surface area contributed by atoms with Crippen molar-refractivity contribution >= 4 is 18.6 Å². The van der Waals surface area contributed by atoms with Crippen LogP contribution < -0.4 is 0 Å². The molecule has 70 valence electrons. The zero-order valence-electron chi connectivity index (χ0n) is 7.23. The molecule has 0 saturated heterocycles. The summed E-state index contributed by atoms with van der Waals surface area (Å²) in [6.45, 7) is 0. The van der Waals surface area contributed by atoms with E-state index in [2.05, 4.69) is 12.6 Å². The molecule has 0 spiro atoms. The van der Waals surface area contributed by atoms with Gasteiger partial charge in [0.25, 0.3) is 0 Å². The summed E-state index contributed by atoms with van der Waals surface area (Å²) < 4.78 is 0. The van der Waals surface area contributed by atoms with Gasteiger partial charge in [-0.3, -0.25) is 0 Å². The lowest BCUT2D eigenvalue weighted by Crippen LogP contribution is -2.02. The molecule has 0 unspecified atom stereocenters. The van der Waals surface area contributed by atoms with Crippen LogP contribution in [0.1, 0.15) is 22.3 Å². The van der Waals surface area contributed by atoms with E-state index in [4.69, 9.17) is 5.11 Å². The second-order valence-electron chi connectivity index (χ2n) is 2.79. The molecule has 0 heterocycles. The highest BCUT2D eigenvalue weighted by molar-refractivity contribution is 7.80. The van der Waals surface area contributed by atoms with Gasteiger partial charge in [-0.1, -0.05) is 18.2 Å². The average molecular weight is 196 g/mol. The van der Waals surface area contributed by atoms with Crippen molar-refractivity contribution in [2.75, 3.05) is 5.75 Å². The van der Waals surface area contributed by atoms with Gasteiger partial charge in [-0.05, 0) is 30.2 Å². The van der Waals surface area contributed by atoms with Crippen LogP contribution in [0.15, 0.2) is 24.3 Å². The second-order valence-corrected chi connectivity index (χ2v) is 3.24. The predicted molar refractivity (Wildman–Crippen MR) is 55.6 cm³/mol. The molecule has 2 nitrogen and oxygen atoms in total. The largest absolute Gasteiger partial charge is 0.478 e. The number of carboxylic acid groups (broad SMARTS) is 1. The van der Waals surface area contributed by atoms with Crippen molar-refractivity contribution in [3.63, 3.8) is 0 Å². The first kappa shape index (κ1) is 10.1. The van der Waals surface area contributed by atoms with Crippen LogP contribution in [0.4, 0.5) is 0 Å². The van der Waals surface area contributed by atoms with Gasteiger partial charge in [0.05, 0.1) is 5.56 Å². The average Bonchev–Trinajstić information content (AvgIpc) is 2.15. The van der Waals surface area contributed by atoms with Gasteiger partial charge in [0.2, 0.25) is 0 Å². The maximum absolute atomic E-state index is 10.8. The van der Waals surface area contributed by atoms with Gasteiger partial charge in [-0.2, -0.15) is 12.6 Å². The Labute approximate surface area is 83.0 Å². The summed E-state index contributed by atoms with van der Waals surface area (Å²) in [5.41, 5.74) is 1.30. The number of carbonyl (C=O) groups is 1. The molecule has 0 radical (unpaired) electrons. The number of hydrogen-bond acceptors (Lipinski definition) is 2. The van der Waals surface area contributed by atoms with Crippen LogP contribution in [0.5, 0.6) is 0 Å². The molecular formula is C10H12O2S. The lowest BCUT2D eigenvalue weighted by molar-refractivity contribution is 0.0695. The van der Waals surface area contributed by atoms with Crippen molar-refractivity contribution in [1.82, 2.24) is 0 Å². The van der Waals surface area contributed by atoms with Crippen molar-refractivity contribution < 1.29 is 9.90 Å². The number of carboxylic acids is 1. The zero-order valence-corrected chi connectivity index (χ0v) is 8.13. The van der Waals surface area contributed by atoms with Crippen LogP contribution in [-0.2, 0) is 6.42 Å². The third-order valence-electron chi connectivity index (χ3n) is 1.85. The monoisotopic (exact) mass is 196 g/mol. The van der Waals surface area contributed by atoms with Gasteiger partial charge in [0.15, 0.2) is 0 Å². The fourth-order valence-electron chi connectivity index (χ4n) is 1.22. The van der Waals surface area contributed by atoms with Crippen molar-refractivity contribution in [1.29, 1.82) is 0 Å². The number of aryl methyl sites for hydroxylation is 1. The third kappa shape index (κ3) is 2.77. The lowest BCUT2D eigenvalue weighted by Gasteiger charge is -2.03. The summed E-state index contributed by atoms with van der Waals surface area (Å²) in [7, 11) is 0. The van der Waals surface area contributed by atoms with Gasteiger partial charge < -0.3 is 5.11 Å². The summed E-state index contributed by atoms with van der Waals surface area (Å²) >= 11 is 4.09. The normalized spacial score (nSPS) is 9.92. The zero-order chi connectivity index (χ0) is 9.68. The van der Waals surface area contributed by atoms with E-state index in [-0.39, 0.29) is 0 Å². The Bertz CT molecular complexity index is 297. The van der Waals surface area contributed by atoms with Crippen molar-refractivity contribution in [3.05, 3.63) is 35.4 Å². The first-order valence-corrected chi connectivity index (χ1v) is 4.81. The van der Waals surface area contributed by atoms with Crippen LogP contribution >= 0.6 is 12.6 Å². The molecule has 0 aromatic heterocycles. The quantitative estimate of drug-likeness (QED) is 0.725. The molecule has 3 heteroatoms. The van der Waals surface area contributed by atoms with E-state index in [1.165, 1.54) is 0 Å². The minimum atomic E-state index is -0.852. The van der Waals surface area contributed by atoms with Crippen LogP contribution in [0.25, 0.3) is 0 Å². The highest BCUT2D eigenvalue weighted by atomic mass is 32.1. The minimum absolute atomic E-state index is 0.407. The van der Waals surface area contributed by atoms with Crippen LogP contribution in [-0.4, -0.2) is 16.8 Å². The lowest BCUT2D eigenvalue weighted by atomic mass is 10.0. The number of aromatic carboxylic acids is 1. The van der Waals surface area contributed by atoms with E-state index >= 15 is 0 Å². The molecule has 0 aliphatic carbocycles. The van der Waals surface area contributed by atoms with Crippen molar-refractivity contribution in [2.24, 2.45) is 0 Å². The molecule has 0 saturated carbocycles. The fourth-order valence-corrected chi connectivity index (χ4v) is 1.37. The van der Waals surface area contributed by atoms with E-state index in [1.54, 1.807) is 12.1 Å². The SMILES string of the molecule is O=C(O)c1ccccc1CCCS. The Morgan fingerprint density at radius 3 is 2.69 bits per heavy atom. The van der Waals surface area contributed by atoms with E-state index in [9.17, 15) is 4.79 Å². The third-order valence-corrected chi connectivity index (χ3v) is 2.17. The number of rotatable bonds is 4. The second kappa shape index (κ2) is 4.92. The molecule has 1 aromatic carbocycles. The minimum Gasteiger partial charge on any atom is -0.478 e. The Kier molecular flexibility index (Phi) is 3.83. The first-order chi connectivity index (χ1) is 6.25. The maximum atomic E-state index is 10.8. The maximum Gasteiger partial charge on any atom is 0.335 e. The highest BCUT2D eigenvalue weighted by Crippen LogP contribution is 2.11.